The fraction of sp³-hybridized carbons (Fsp3) is 0.600. The minimum Gasteiger partial charge on any atom is -0.324 e. The average molecular weight is 217 g/mol. The van der Waals surface area contributed by atoms with Gasteiger partial charge in [0, 0.05) is 6.04 Å². The van der Waals surface area contributed by atoms with Gasteiger partial charge in [0.2, 0.25) is 0 Å². The van der Waals surface area contributed by atoms with E-state index in [0.717, 1.165) is 5.92 Å². The van der Waals surface area contributed by atoms with Crippen LogP contribution >= 0.6 is 0 Å². The average Bonchev–Trinajstić information content (AvgIpc) is 2.31. The number of hydrogen-bond acceptors (Lipinski definition) is 1. The molecule has 88 valence electrons. The fourth-order valence-electron chi connectivity index (χ4n) is 2.91. The molecular formula is C15H23N. The van der Waals surface area contributed by atoms with Crippen molar-refractivity contribution in [3.8, 4) is 0 Å². The van der Waals surface area contributed by atoms with Crippen molar-refractivity contribution < 1.29 is 0 Å². The predicted octanol–water partition coefficient (Wildman–Crippen LogP) is 3.97. The molecule has 0 heterocycles. The maximum atomic E-state index is 6.33. The molecule has 16 heavy (non-hydrogen) atoms. The van der Waals surface area contributed by atoms with Gasteiger partial charge in [0.15, 0.2) is 0 Å². The lowest BCUT2D eigenvalue weighted by molar-refractivity contribution is 0.319. The number of benzene rings is 1. The van der Waals surface area contributed by atoms with Crippen LogP contribution in [0.1, 0.15) is 55.7 Å². The lowest BCUT2D eigenvalue weighted by Gasteiger charge is -2.25. The molecule has 1 nitrogen and oxygen atoms in total. The molecule has 2 rings (SSSR count). The Labute approximate surface area is 99.0 Å². The smallest absolute Gasteiger partial charge is 0.0300 e. The van der Waals surface area contributed by atoms with Gasteiger partial charge in [-0.3, -0.25) is 0 Å². The van der Waals surface area contributed by atoms with Gasteiger partial charge in [0.25, 0.3) is 0 Å². The molecule has 1 saturated carbocycles. The number of rotatable bonds is 3. The van der Waals surface area contributed by atoms with Crippen LogP contribution in [0.5, 0.6) is 0 Å². The molecule has 1 aliphatic rings. The zero-order valence-corrected chi connectivity index (χ0v) is 10.3. The SMILES string of the molecule is Cc1ccccc1C(N)CC1CCCCC1. The van der Waals surface area contributed by atoms with Crippen molar-refractivity contribution in [3.05, 3.63) is 35.4 Å². The van der Waals surface area contributed by atoms with Gasteiger partial charge in [-0.15, -0.1) is 0 Å². The van der Waals surface area contributed by atoms with Gasteiger partial charge in [-0.05, 0) is 30.4 Å². The van der Waals surface area contributed by atoms with Gasteiger partial charge in [-0.25, -0.2) is 0 Å². The van der Waals surface area contributed by atoms with E-state index in [1.54, 1.807) is 0 Å². The van der Waals surface area contributed by atoms with E-state index in [0.29, 0.717) is 0 Å². The summed E-state index contributed by atoms with van der Waals surface area (Å²) in [7, 11) is 0. The first-order valence-corrected chi connectivity index (χ1v) is 6.58. The van der Waals surface area contributed by atoms with E-state index in [1.165, 1.54) is 49.7 Å². The molecule has 1 aliphatic carbocycles. The summed E-state index contributed by atoms with van der Waals surface area (Å²) in [5.41, 5.74) is 9.01. The highest BCUT2D eigenvalue weighted by atomic mass is 14.6. The Morgan fingerprint density at radius 3 is 2.56 bits per heavy atom. The van der Waals surface area contributed by atoms with Crippen LogP contribution in [0.15, 0.2) is 24.3 Å². The van der Waals surface area contributed by atoms with Crippen molar-refractivity contribution in [1.82, 2.24) is 0 Å². The highest BCUT2D eigenvalue weighted by Gasteiger charge is 2.18. The topological polar surface area (TPSA) is 26.0 Å². The Morgan fingerprint density at radius 2 is 1.88 bits per heavy atom. The normalized spacial score (nSPS) is 19.6. The molecule has 0 aliphatic heterocycles. The van der Waals surface area contributed by atoms with Crippen LogP contribution < -0.4 is 5.73 Å². The quantitative estimate of drug-likeness (QED) is 0.814. The van der Waals surface area contributed by atoms with Crippen LogP contribution in [0.4, 0.5) is 0 Å². The second-order valence-electron chi connectivity index (χ2n) is 5.20. The minimum atomic E-state index is 0.240. The summed E-state index contributed by atoms with van der Waals surface area (Å²) >= 11 is 0. The zero-order valence-electron chi connectivity index (χ0n) is 10.3. The summed E-state index contributed by atoms with van der Waals surface area (Å²) in [6.45, 7) is 2.16. The van der Waals surface area contributed by atoms with E-state index in [2.05, 4.69) is 31.2 Å². The predicted molar refractivity (Wildman–Crippen MR) is 69.3 cm³/mol. The standard InChI is InChI=1S/C15H23N/c1-12-7-5-6-10-14(12)15(16)11-13-8-3-2-4-9-13/h5-7,10,13,15H,2-4,8-9,11,16H2,1H3. The number of hydrogen-bond donors (Lipinski definition) is 1. The van der Waals surface area contributed by atoms with Crippen molar-refractivity contribution in [2.24, 2.45) is 11.7 Å². The van der Waals surface area contributed by atoms with Crippen molar-refractivity contribution in [1.29, 1.82) is 0 Å². The summed E-state index contributed by atoms with van der Waals surface area (Å²) in [4.78, 5) is 0. The number of aryl methyl sites for hydroxylation is 1. The van der Waals surface area contributed by atoms with Crippen molar-refractivity contribution in [2.75, 3.05) is 0 Å². The first-order valence-electron chi connectivity index (χ1n) is 6.58. The van der Waals surface area contributed by atoms with E-state index >= 15 is 0 Å². The highest BCUT2D eigenvalue weighted by molar-refractivity contribution is 5.28. The first kappa shape index (κ1) is 11.7. The Balaban J connectivity index is 1.96. The van der Waals surface area contributed by atoms with Crippen molar-refractivity contribution >= 4 is 0 Å². The third kappa shape index (κ3) is 2.85. The van der Waals surface area contributed by atoms with E-state index < -0.39 is 0 Å². The Kier molecular flexibility index (Phi) is 4.00. The van der Waals surface area contributed by atoms with Crippen LogP contribution in [0.25, 0.3) is 0 Å². The van der Waals surface area contributed by atoms with Gasteiger partial charge in [-0.1, -0.05) is 56.4 Å². The fourth-order valence-corrected chi connectivity index (χ4v) is 2.91. The molecule has 1 unspecified atom stereocenters. The maximum Gasteiger partial charge on any atom is 0.0300 e. The molecule has 1 atom stereocenters. The monoisotopic (exact) mass is 217 g/mol. The maximum absolute atomic E-state index is 6.33. The summed E-state index contributed by atoms with van der Waals surface area (Å²) in [5, 5.41) is 0. The molecule has 0 aromatic heterocycles. The van der Waals surface area contributed by atoms with E-state index in [1.807, 2.05) is 0 Å². The molecule has 1 aromatic carbocycles. The van der Waals surface area contributed by atoms with Crippen LogP contribution in [-0.4, -0.2) is 0 Å². The van der Waals surface area contributed by atoms with Gasteiger partial charge in [0.05, 0.1) is 0 Å². The third-order valence-electron chi connectivity index (χ3n) is 3.90. The second-order valence-corrected chi connectivity index (χ2v) is 5.20. The Bertz CT molecular complexity index is 326. The molecule has 0 bridgehead atoms. The summed E-state index contributed by atoms with van der Waals surface area (Å²) < 4.78 is 0. The first-order chi connectivity index (χ1) is 7.77. The molecular weight excluding hydrogens is 194 g/mol. The molecule has 1 heteroatoms. The van der Waals surface area contributed by atoms with E-state index in [9.17, 15) is 0 Å². The largest absolute Gasteiger partial charge is 0.324 e. The molecule has 1 aromatic rings. The Hall–Kier alpha value is -0.820. The summed E-state index contributed by atoms with van der Waals surface area (Å²) in [6, 6.07) is 8.78. The van der Waals surface area contributed by atoms with Crippen LogP contribution in [0, 0.1) is 12.8 Å². The van der Waals surface area contributed by atoms with Gasteiger partial charge in [0.1, 0.15) is 0 Å². The highest BCUT2D eigenvalue weighted by Crippen LogP contribution is 2.31. The molecule has 0 amide bonds. The van der Waals surface area contributed by atoms with E-state index in [-0.39, 0.29) is 6.04 Å². The van der Waals surface area contributed by atoms with Crippen LogP contribution in [-0.2, 0) is 0 Å². The van der Waals surface area contributed by atoms with Crippen LogP contribution in [0.2, 0.25) is 0 Å². The van der Waals surface area contributed by atoms with E-state index in [4.69, 9.17) is 5.73 Å². The Morgan fingerprint density at radius 1 is 1.19 bits per heavy atom. The molecule has 0 saturated heterocycles. The molecule has 1 fully saturated rings. The number of nitrogens with two attached hydrogens (primary N) is 1. The molecule has 0 radical (unpaired) electrons. The van der Waals surface area contributed by atoms with Gasteiger partial charge < -0.3 is 5.73 Å². The van der Waals surface area contributed by atoms with Crippen molar-refractivity contribution in [2.45, 2.75) is 51.5 Å². The second kappa shape index (κ2) is 5.49. The molecule has 2 N–H and O–H groups in total. The summed E-state index contributed by atoms with van der Waals surface area (Å²) in [6.07, 6.45) is 8.19. The zero-order chi connectivity index (χ0) is 11.4. The van der Waals surface area contributed by atoms with Crippen molar-refractivity contribution in [3.63, 3.8) is 0 Å². The summed E-state index contributed by atoms with van der Waals surface area (Å²) in [5.74, 6) is 0.864. The lowest BCUT2D eigenvalue weighted by atomic mass is 9.83. The lowest BCUT2D eigenvalue weighted by Crippen LogP contribution is -2.18. The third-order valence-corrected chi connectivity index (χ3v) is 3.90. The molecule has 0 spiro atoms. The van der Waals surface area contributed by atoms with Gasteiger partial charge in [-0.2, -0.15) is 0 Å². The van der Waals surface area contributed by atoms with Crippen LogP contribution in [0.3, 0.4) is 0 Å². The minimum absolute atomic E-state index is 0.240. The van der Waals surface area contributed by atoms with Gasteiger partial charge >= 0.3 is 0 Å².